The fourth-order valence-corrected chi connectivity index (χ4v) is 2.29. The van der Waals surface area contributed by atoms with Crippen molar-refractivity contribution in [2.45, 2.75) is 58.8 Å². The molecule has 1 heteroatoms. The zero-order valence-electron chi connectivity index (χ0n) is 10.2. The van der Waals surface area contributed by atoms with Crippen molar-refractivity contribution in [2.75, 3.05) is 0 Å². The van der Waals surface area contributed by atoms with Crippen molar-refractivity contribution < 1.29 is 4.79 Å². The van der Waals surface area contributed by atoms with Gasteiger partial charge in [-0.1, -0.05) is 45.3 Å². The maximum Gasteiger partial charge on any atom is 0.139 e. The third-order valence-electron chi connectivity index (χ3n) is 3.39. The molecule has 1 rings (SSSR count). The number of hydrogen-bond acceptors (Lipinski definition) is 1. The number of hydrogen-bond donors (Lipinski definition) is 0. The minimum Gasteiger partial charge on any atom is -0.299 e. The topological polar surface area (TPSA) is 17.1 Å². The summed E-state index contributed by atoms with van der Waals surface area (Å²) in [5.74, 6) is 1.14. The first-order valence-corrected chi connectivity index (χ1v) is 6.44. The van der Waals surface area contributed by atoms with Crippen molar-refractivity contribution in [2.24, 2.45) is 11.8 Å². The predicted molar refractivity (Wildman–Crippen MR) is 64.8 cm³/mol. The highest BCUT2D eigenvalue weighted by Crippen LogP contribution is 2.27. The minimum atomic E-state index is 0.313. The van der Waals surface area contributed by atoms with Crippen LogP contribution in [-0.2, 0) is 4.79 Å². The van der Waals surface area contributed by atoms with Gasteiger partial charge in [0, 0.05) is 11.8 Å². The SMILES string of the molecule is CCCC/C=C/CC1CCCC(C)C1=O. The van der Waals surface area contributed by atoms with E-state index in [1.54, 1.807) is 0 Å². The van der Waals surface area contributed by atoms with Crippen LogP contribution in [0.15, 0.2) is 12.2 Å². The van der Waals surface area contributed by atoms with E-state index in [1.807, 2.05) is 0 Å². The summed E-state index contributed by atoms with van der Waals surface area (Å²) in [4.78, 5) is 11.8. The maximum absolute atomic E-state index is 11.8. The number of ketones is 1. The van der Waals surface area contributed by atoms with E-state index in [0.29, 0.717) is 17.6 Å². The first-order valence-electron chi connectivity index (χ1n) is 6.44. The van der Waals surface area contributed by atoms with Crippen LogP contribution >= 0.6 is 0 Å². The molecule has 0 N–H and O–H groups in total. The zero-order valence-corrected chi connectivity index (χ0v) is 10.2. The van der Waals surface area contributed by atoms with E-state index < -0.39 is 0 Å². The molecule has 0 amide bonds. The van der Waals surface area contributed by atoms with Gasteiger partial charge in [-0.25, -0.2) is 0 Å². The number of rotatable bonds is 5. The fraction of sp³-hybridized carbons (Fsp3) is 0.786. The normalized spacial score (nSPS) is 27.5. The molecule has 0 aromatic heterocycles. The van der Waals surface area contributed by atoms with Gasteiger partial charge in [0.05, 0.1) is 0 Å². The Morgan fingerprint density at radius 2 is 2.13 bits per heavy atom. The Labute approximate surface area is 93.9 Å². The Morgan fingerprint density at radius 3 is 2.87 bits per heavy atom. The number of carbonyl (C=O) groups is 1. The Bertz CT molecular complexity index is 217. The number of Topliss-reactive ketones (excluding diaryl/α,β-unsaturated/α-hetero) is 1. The van der Waals surface area contributed by atoms with E-state index in [0.717, 1.165) is 19.3 Å². The summed E-state index contributed by atoms with van der Waals surface area (Å²) in [5, 5.41) is 0. The van der Waals surface area contributed by atoms with E-state index in [4.69, 9.17) is 0 Å². The summed E-state index contributed by atoms with van der Waals surface area (Å²) in [6, 6.07) is 0. The van der Waals surface area contributed by atoms with Gasteiger partial charge in [-0.05, 0) is 25.7 Å². The van der Waals surface area contributed by atoms with Crippen molar-refractivity contribution in [3.05, 3.63) is 12.2 Å². The molecule has 86 valence electrons. The van der Waals surface area contributed by atoms with Gasteiger partial charge in [-0.3, -0.25) is 4.79 Å². The Kier molecular flexibility index (Phi) is 5.67. The van der Waals surface area contributed by atoms with Gasteiger partial charge in [-0.2, -0.15) is 0 Å². The number of allylic oxidation sites excluding steroid dienone is 2. The molecule has 0 radical (unpaired) electrons. The van der Waals surface area contributed by atoms with E-state index in [-0.39, 0.29) is 0 Å². The van der Waals surface area contributed by atoms with Crippen molar-refractivity contribution in [3.63, 3.8) is 0 Å². The molecule has 1 nitrogen and oxygen atoms in total. The summed E-state index contributed by atoms with van der Waals surface area (Å²) < 4.78 is 0. The quantitative estimate of drug-likeness (QED) is 0.490. The molecule has 1 aliphatic carbocycles. The first kappa shape index (κ1) is 12.5. The van der Waals surface area contributed by atoms with Gasteiger partial charge in [0.15, 0.2) is 0 Å². The van der Waals surface area contributed by atoms with Gasteiger partial charge < -0.3 is 0 Å². The van der Waals surface area contributed by atoms with Crippen LogP contribution in [0, 0.1) is 11.8 Å². The molecule has 1 fully saturated rings. The average molecular weight is 208 g/mol. The van der Waals surface area contributed by atoms with Gasteiger partial charge in [-0.15, -0.1) is 0 Å². The van der Waals surface area contributed by atoms with E-state index in [2.05, 4.69) is 26.0 Å². The van der Waals surface area contributed by atoms with Gasteiger partial charge >= 0.3 is 0 Å². The Morgan fingerprint density at radius 1 is 1.33 bits per heavy atom. The highest BCUT2D eigenvalue weighted by atomic mass is 16.1. The van der Waals surface area contributed by atoms with Crippen LogP contribution in [0.3, 0.4) is 0 Å². The summed E-state index contributed by atoms with van der Waals surface area (Å²) >= 11 is 0. The maximum atomic E-state index is 11.8. The lowest BCUT2D eigenvalue weighted by Crippen LogP contribution is -2.25. The van der Waals surface area contributed by atoms with Gasteiger partial charge in [0.25, 0.3) is 0 Å². The van der Waals surface area contributed by atoms with Crippen LogP contribution < -0.4 is 0 Å². The molecule has 0 aromatic rings. The lowest BCUT2D eigenvalue weighted by Gasteiger charge is -2.24. The number of unbranched alkanes of at least 4 members (excludes halogenated alkanes) is 2. The highest BCUT2D eigenvalue weighted by Gasteiger charge is 2.26. The molecule has 0 heterocycles. The number of carbonyl (C=O) groups excluding carboxylic acids is 1. The summed E-state index contributed by atoms with van der Waals surface area (Å²) in [7, 11) is 0. The molecule has 0 aliphatic heterocycles. The van der Waals surface area contributed by atoms with E-state index >= 15 is 0 Å². The second kappa shape index (κ2) is 6.81. The zero-order chi connectivity index (χ0) is 11.1. The Balaban J connectivity index is 2.25. The second-order valence-electron chi connectivity index (χ2n) is 4.78. The lowest BCUT2D eigenvalue weighted by atomic mass is 9.79. The van der Waals surface area contributed by atoms with Crippen LogP contribution in [0.1, 0.15) is 58.8 Å². The predicted octanol–water partition coefficient (Wildman–Crippen LogP) is 4.13. The lowest BCUT2D eigenvalue weighted by molar-refractivity contribution is -0.128. The van der Waals surface area contributed by atoms with Crippen LogP contribution in [0.4, 0.5) is 0 Å². The van der Waals surface area contributed by atoms with Crippen LogP contribution in [0.25, 0.3) is 0 Å². The minimum absolute atomic E-state index is 0.313. The van der Waals surface area contributed by atoms with Crippen LogP contribution in [0.5, 0.6) is 0 Å². The van der Waals surface area contributed by atoms with Crippen LogP contribution in [0.2, 0.25) is 0 Å². The summed E-state index contributed by atoms with van der Waals surface area (Å²) in [6.07, 6.45) is 12.6. The van der Waals surface area contributed by atoms with Gasteiger partial charge in [0.1, 0.15) is 5.78 Å². The van der Waals surface area contributed by atoms with Gasteiger partial charge in [0.2, 0.25) is 0 Å². The van der Waals surface area contributed by atoms with Crippen molar-refractivity contribution in [1.29, 1.82) is 0 Å². The smallest absolute Gasteiger partial charge is 0.139 e. The monoisotopic (exact) mass is 208 g/mol. The fourth-order valence-electron chi connectivity index (χ4n) is 2.29. The molecule has 15 heavy (non-hydrogen) atoms. The average Bonchev–Trinajstić information content (AvgIpc) is 2.24. The van der Waals surface area contributed by atoms with Crippen molar-refractivity contribution in [3.8, 4) is 0 Å². The molecule has 0 bridgehead atoms. The first-order chi connectivity index (χ1) is 7.25. The largest absolute Gasteiger partial charge is 0.299 e. The molecule has 0 saturated heterocycles. The molecule has 1 saturated carbocycles. The molecule has 2 atom stereocenters. The second-order valence-corrected chi connectivity index (χ2v) is 4.78. The standard InChI is InChI=1S/C14H24O/c1-3-4-5-6-7-10-13-11-8-9-12(2)14(13)15/h6-7,12-13H,3-5,8-11H2,1-2H3/b7-6+. The van der Waals surface area contributed by atoms with Crippen molar-refractivity contribution >= 4 is 5.78 Å². The summed E-state index contributed by atoms with van der Waals surface area (Å²) in [6.45, 7) is 4.29. The molecule has 1 aliphatic rings. The van der Waals surface area contributed by atoms with Crippen LogP contribution in [-0.4, -0.2) is 5.78 Å². The molecular weight excluding hydrogens is 184 g/mol. The van der Waals surface area contributed by atoms with E-state index in [9.17, 15) is 4.79 Å². The molecular formula is C14H24O. The van der Waals surface area contributed by atoms with Crippen molar-refractivity contribution in [1.82, 2.24) is 0 Å². The molecule has 0 aromatic carbocycles. The van der Waals surface area contributed by atoms with E-state index in [1.165, 1.54) is 25.7 Å². The molecule has 2 unspecified atom stereocenters. The molecule has 0 spiro atoms. The Hall–Kier alpha value is -0.590. The third kappa shape index (κ3) is 4.19. The summed E-state index contributed by atoms with van der Waals surface area (Å²) in [5.41, 5.74) is 0. The highest BCUT2D eigenvalue weighted by molar-refractivity contribution is 5.83. The third-order valence-corrected chi connectivity index (χ3v) is 3.39.